The number of aromatic nitrogens is 11. The van der Waals surface area contributed by atoms with E-state index >= 15 is 0 Å². The summed E-state index contributed by atoms with van der Waals surface area (Å²) in [6, 6.07) is 153. The fourth-order valence-electron chi connectivity index (χ4n) is 18.5. The van der Waals surface area contributed by atoms with Gasteiger partial charge in [0.1, 0.15) is 28.2 Å². The molecule has 26 aromatic rings. The minimum absolute atomic E-state index is 0.0424. The molecule has 26 rings (SSSR count). The van der Waals surface area contributed by atoms with Crippen molar-refractivity contribution in [1.29, 1.82) is 0 Å². The van der Waals surface area contributed by atoms with Crippen LogP contribution in [0.4, 0.5) is 0 Å². The average molecular weight is 1730 g/mol. The Balaban J connectivity index is 0.000000114. The van der Waals surface area contributed by atoms with Gasteiger partial charge in [-0.1, -0.05) is 315 Å². The van der Waals surface area contributed by atoms with E-state index in [9.17, 15) is 0 Å². The lowest BCUT2D eigenvalue weighted by Gasteiger charge is -2.12. The summed E-state index contributed by atoms with van der Waals surface area (Å²) >= 11 is 0. The molecule has 0 radical (unpaired) electrons. The number of hydrogen-bond donors (Lipinski definition) is 0. The fraction of sp³-hybridized carbons (Fsp3) is 0. The molecular formula is C124H81N11. The number of fused-ring (bicyclic) bond motifs is 12. The van der Waals surface area contributed by atoms with Crippen LogP contribution in [-0.4, -0.2) is 53.6 Å². The van der Waals surface area contributed by atoms with E-state index in [0.717, 1.165) is 161 Å². The predicted octanol–water partition coefficient (Wildman–Crippen LogP) is 31.3. The molecule has 18 aromatic carbocycles. The molecule has 8 aromatic heterocycles. The molecule has 11 heteroatoms. The van der Waals surface area contributed by atoms with Crippen LogP contribution in [0, 0.1) is 0 Å². The van der Waals surface area contributed by atoms with Crippen molar-refractivity contribution in [3.8, 4) is 140 Å². The minimum atomic E-state index is -0.439. The number of para-hydroxylation sites is 7. The third kappa shape index (κ3) is 15.6. The average Bonchev–Trinajstić information content (AvgIpc) is 1.58. The zero-order valence-corrected chi connectivity index (χ0v) is 72.8. The van der Waals surface area contributed by atoms with Crippen LogP contribution in [0.15, 0.2) is 492 Å². The van der Waals surface area contributed by atoms with E-state index in [2.05, 4.69) is 312 Å². The summed E-state index contributed by atoms with van der Waals surface area (Å²) in [5.41, 5.74) is 36.6. The fourth-order valence-corrected chi connectivity index (χ4v) is 18.5. The number of hydrogen-bond acceptors (Lipinski definition) is 8. The van der Waals surface area contributed by atoms with Gasteiger partial charge in [0.25, 0.3) is 0 Å². The number of benzene rings is 18. The Labute approximate surface area is 786 Å². The lowest BCUT2D eigenvalue weighted by molar-refractivity contribution is 1.06. The van der Waals surface area contributed by atoms with Gasteiger partial charge in [-0.3, -0.25) is 13.7 Å². The van der Waals surface area contributed by atoms with Crippen LogP contribution in [-0.2, 0) is 0 Å². The monoisotopic (exact) mass is 1730 g/mol. The minimum Gasteiger partial charge on any atom is -0.293 e. The van der Waals surface area contributed by atoms with Gasteiger partial charge in [0.05, 0.1) is 56.5 Å². The second-order valence-corrected chi connectivity index (χ2v) is 33.5. The molecule has 0 unspecified atom stereocenters. The van der Waals surface area contributed by atoms with Crippen LogP contribution in [0.25, 0.3) is 239 Å². The molecule has 0 atom stereocenters. The van der Waals surface area contributed by atoms with Crippen LogP contribution in [0.3, 0.4) is 0 Å². The molecule has 0 saturated heterocycles. The predicted molar refractivity (Wildman–Crippen MR) is 557 cm³/mol. The zero-order chi connectivity index (χ0) is 93.8. The first-order chi connectivity index (χ1) is 68.9. The summed E-state index contributed by atoms with van der Waals surface area (Å²) in [4.78, 5) is 40.4. The Morgan fingerprint density at radius 1 is 0.178 bits per heavy atom. The summed E-state index contributed by atoms with van der Waals surface area (Å²) in [7, 11) is 0. The molecular weight excluding hydrogens is 1640 g/mol. The number of rotatable bonds is 14. The maximum absolute atomic E-state index is 8.77. The van der Waals surface area contributed by atoms with E-state index in [0.29, 0.717) is 27.7 Å². The van der Waals surface area contributed by atoms with Crippen molar-refractivity contribution in [2.45, 2.75) is 0 Å². The highest BCUT2D eigenvalue weighted by molar-refractivity contribution is 6.12. The quantitative estimate of drug-likeness (QED) is 0.106. The summed E-state index contributed by atoms with van der Waals surface area (Å²) < 4.78 is 48.3. The molecule has 0 amide bonds. The van der Waals surface area contributed by atoms with Crippen molar-refractivity contribution < 1.29 is 6.85 Å². The van der Waals surface area contributed by atoms with E-state index in [1.54, 1.807) is 4.57 Å². The van der Waals surface area contributed by atoms with E-state index in [1.807, 2.05) is 158 Å². The molecule has 11 nitrogen and oxygen atoms in total. The third-order valence-corrected chi connectivity index (χ3v) is 25.1. The summed E-state index contributed by atoms with van der Waals surface area (Å²) in [6.07, 6.45) is 3.81. The molecule has 632 valence electrons. The highest BCUT2D eigenvalue weighted by atomic mass is 15.1. The second-order valence-electron chi connectivity index (χ2n) is 33.5. The van der Waals surface area contributed by atoms with Crippen molar-refractivity contribution in [3.63, 3.8) is 0 Å². The van der Waals surface area contributed by atoms with E-state index in [4.69, 9.17) is 46.7 Å². The summed E-state index contributed by atoms with van der Waals surface area (Å²) in [6.45, 7) is 0. The molecule has 0 N–H and O–H groups in total. The Bertz CT molecular complexity index is 9080. The van der Waals surface area contributed by atoms with Crippen LogP contribution in [0.1, 0.15) is 6.85 Å². The molecule has 0 spiro atoms. The van der Waals surface area contributed by atoms with E-state index in [1.165, 1.54) is 44.5 Å². The van der Waals surface area contributed by atoms with Gasteiger partial charge in [0.2, 0.25) is 0 Å². The van der Waals surface area contributed by atoms with E-state index in [-0.39, 0.29) is 17.8 Å². The van der Waals surface area contributed by atoms with Gasteiger partial charge < -0.3 is 0 Å². The highest BCUT2D eigenvalue weighted by Gasteiger charge is 2.24. The summed E-state index contributed by atoms with van der Waals surface area (Å²) in [5, 5.41) is 2.84. The maximum Gasteiger partial charge on any atom is 0.166 e. The van der Waals surface area contributed by atoms with Crippen LogP contribution in [0.2, 0.25) is 0 Å². The first-order valence-electron chi connectivity index (χ1n) is 47.5. The van der Waals surface area contributed by atoms with Gasteiger partial charge in [-0.15, -0.1) is 0 Å². The van der Waals surface area contributed by atoms with Crippen molar-refractivity contribution in [2.75, 3.05) is 0 Å². The van der Waals surface area contributed by atoms with Gasteiger partial charge in [0.15, 0.2) is 16.9 Å². The Kier molecular flexibility index (Phi) is 19.3. The van der Waals surface area contributed by atoms with Crippen LogP contribution in [0.5, 0.6) is 0 Å². The van der Waals surface area contributed by atoms with Crippen molar-refractivity contribution >= 4 is 99.3 Å². The normalized spacial score (nSPS) is 11.9. The second kappa shape index (κ2) is 34.9. The standard InChI is InChI=1S/2C43H28N4.C38H25N3/c1-4-12-29(13-5-1)33-21-23-41(44-28-33)47-40-22-20-32(27-37(40)42-43(47)46-39-19-11-10-18-38(39)45-42)36-25-34(30-14-6-2-7-15-30)24-35(26-36)31-16-8-3-9-17-31;1-4-12-29(13-5-1)33-22-23-44-41(28-33)47-40-21-20-32(27-37(40)42-43(47)46-39-19-11-10-18-38(39)45-42)36-25-34(30-14-6-2-7-15-30)24-35(26-36)31-16-8-3-9-17-31;1-4-12-26(13-5-1)29-22-30(27-14-6-2-7-15-27)24-31(23-29)28-20-21-36-33(25-28)37-38(41(36)32-16-8-3-9-17-32)40-35-19-11-10-18-34(35)39-37/h2*1-28H;1-25H/i;;3D,8D,9D,16D,17D. The van der Waals surface area contributed by atoms with Gasteiger partial charge in [0, 0.05) is 39.8 Å². The van der Waals surface area contributed by atoms with Crippen LogP contribution >= 0.6 is 0 Å². The number of nitrogens with zero attached hydrogens (tertiary/aromatic N) is 11. The Hall–Kier alpha value is -18.3. The lowest BCUT2D eigenvalue weighted by atomic mass is 9.93. The molecule has 135 heavy (non-hydrogen) atoms. The van der Waals surface area contributed by atoms with E-state index < -0.39 is 18.1 Å². The topological polar surface area (TPSA) is 118 Å². The Morgan fingerprint density at radius 3 is 0.741 bits per heavy atom. The molecule has 0 saturated carbocycles. The third-order valence-electron chi connectivity index (χ3n) is 25.1. The Morgan fingerprint density at radius 2 is 0.430 bits per heavy atom. The molecule has 8 heterocycles. The maximum atomic E-state index is 8.77. The first-order valence-corrected chi connectivity index (χ1v) is 45.0. The summed E-state index contributed by atoms with van der Waals surface area (Å²) in [5.74, 6) is 1.61. The zero-order valence-electron chi connectivity index (χ0n) is 77.8. The lowest BCUT2D eigenvalue weighted by Crippen LogP contribution is -1.99. The van der Waals surface area contributed by atoms with Gasteiger partial charge in [-0.25, -0.2) is 39.9 Å². The first kappa shape index (κ1) is 74.6. The SMILES string of the molecule is [2H]c1c([2H])c([2H])c(-n2c3ccc(-c4cc(-c5ccccc5)cc(-c5ccccc5)c4)cc3c3nc4ccccc4nc32)c([2H])c1[2H].c1ccc(-c2cc(-c3ccccc3)cc(-c3ccc4c(c3)c3nc5ccccc5nc3n4-c3cc(-c4ccccc4)ccn3)c2)cc1.c1ccc(-c2ccc(-n3c4ccc(-c5cc(-c6ccccc6)cc(-c6ccccc6)c5)cc4c4nc5ccccc5nc43)nc2)cc1. The van der Waals surface area contributed by atoms with Gasteiger partial charge >= 0.3 is 0 Å². The molecule has 0 aliphatic heterocycles. The van der Waals surface area contributed by atoms with Crippen LogP contribution < -0.4 is 0 Å². The molecule has 0 fully saturated rings. The molecule has 0 aliphatic rings. The van der Waals surface area contributed by atoms with Gasteiger partial charge in [-0.2, -0.15) is 0 Å². The largest absolute Gasteiger partial charge is 0.293 e. The molecule has 0 aliphatic carbocycles. The highest BCUT2D eigenvalue weighted by Crippen LogP contribution is 2.44. The smallest absolute Gasteiger partial charge is 0.166 e. The van der Waals surface area contributed by atoms with Crippen molar-refractivity contribution in [1.82, 2.24) is 53.6 Å². The molecule has 0 bridgehead atoms. The van der Waals surface area contributed by atoms with Crippen molar-refractivity contribution in [3.05, 3.63) is 492 Å². The van der Waals surface area contributed by atoms with Crippen molar-refractivity contribution in [2.24, 2.45) is 0 Å². The van der Waals surface area contributed by atoms with Gasteiger partial charge in [-0.05, 0) is 281 Å². The number of pyridine rings is 2.